The maximum Gasteiger partial charge on any atom is 0.318 e. The number of amides is 3. The number of nitrogens with one attached hydrogen (secondary N) is 1. The quantitative estimate of drug-likeness (QED) is 0.617. The lowest BCUT2D eigenvalue weighted by Gasteiger charge is -2.41. The molecule has 144 valence electrons. The maximum absolute atomic E-state index is 12.8. The zero-order valence-electron chi connectivity index (χ0n) is 14.8. The molecular formula is C14H27N5O5S. The van der Waals surface area contributed by atoms with Gasteiger partial charge in [0.15, 0.2) is 0 Å². The monoisotopic (exact) mass is 377 g/mol. The minimum atomic E-state index is -3.55. The van der Waals surface area contributed by atoms with Gasteiger partial charge in [-0.05, 0) is 20.8 Å². The Hall–Kier alpha value is -1.27. The number of urea groups is 1. The molecule has 0 bridgehead atoms. The number of piperazine rings is 1. The number of rotatable bonds is 4. The molecule has 0 radical (unpaired) electrons. The van der Waals surface area contributed by atoms with Gasteiger partial charge >= 0.3 is 6.03 Å². The molecule has 3 atom stereocenters. The second kappa shape index (κ2) is 7.96. The Balaban J connectivity index is 1.94. The van der Waals surface area contributed by atoms with Crippen molar-refractivity contribution in [1.29, 1.82) is 0 Å². The third kappa shape index (κ3) is 4.88. The largest absolute Gasteiger partial charge is 0.373 e. The third-order valence-electron chi connectivity index (χ3n) is 4.49. The fourth-order valence-electron chi connectivity index (χ4n) is 3.20. The standard InChI is InChI=1S/C14H27N5O5S/c1-10-8-19(9-11(2)24-10)25(22,23)18-6-4-17(5-7-18)12(3)13(20)16-14(15)21/h10-12H,4-9H2,1-3H3,(H3,15,16,20,21). The van der Waals surface area contributed by atoms with E-state index >= 15 is 0 Å². The van der Waals surface area contributed by atoms with Crippen molar-refractivity contribution >= 4 is 22.1 Å². The number of carbonyl (C=O) groups excluding carboxylic acids is 2. The number of hydrogen-bond acceptors (Lipinski definition) is 6. The molecule has 2 rings (SSSR count). The molecule has 3 unspecified atom stereocenters. The number of nitrogens with zero attached hydrogens (tertiary/aromatic N) is 3. The molecule has 2 heterocycles. The molecule has 2 aliphatic rings. The Kier molecular flexibility index (Phi) is 6.38. The van der Waals surface area contributed by atoms with Crippen LogP contribution in [0.4, 0.5) is 4.79 Å². The Bertz CT molecular complexity index is 595. The molecular weight excluding hydrogens is 350 g/mol. The molecule has 0 spiro atoms. The van der Waals surface area contributed by atoms with Crippen LogP contribution in [0, 0.1) is 0 Å². The van der Waals surface area contributed by atoms with Crippen molar-refractivity contribution < 1.29 is 22.7 Å². The molecule has 2 aliphatic heterocycles. The lowest BCUT2D eigenvalue weighted by atomic mass is 10.2. The van der Waals surface area contributed by atoms with Gasteiger partial charge in [-0.25, -0.2) is 4.79 Å². The summed E-state index contributed by atoms with van der Waals surface area (Å²) in [6, 6.07) is -1.45. The van der Waals surface area contributed by atoms with Crippen LogP contribution in [0.25, 0.3) is 0 Å². The first kappa shape index (κ1) is 20.0. The highest BCUT2D eigenvalue weighted by Gasteiger charge is 2.37. The molecule has 0 aromatic rings. The summed E-state index contributed by atoms with van der Waals surface area (Å²) in [5.41, 5.74) is 4.95. The predicted molar refractivity (Wildman–Crippen MR) is 90.8 cm³/mol. The van der Waals surface area contributed by atoms with Crippen LogP contribution in [0.1, 0.15) is 20.8 Å². The lowest BCUT2D eigenvalue weighted by molar-refractivity contribution is -0.125. The number of ether oxygens (including phenoxy) is 1. The van der Waals surface area contributed by atoms with E-state index in [1.807, 2.05) is 24.1 Å². The first-order chi connectivity index (χ1) is 11.6. The predicted octanol–water partition coefficient (Wildman–Crippen LogP) is -1.46. The van der Waals surface area contributed by atoms with E-state index in [-0.39, 0.29) is 25.3 Å². The maximum atomic E-state index is 12.8. The summed E-state index contributed by atoms with van der Waals surface area (Å²) >= 11 is 0. The molecule has 3 N–H and O–H groups in total. The summed E-state index contributed by atoms with van der Waals surface area (Å²) in [5.74, 6) is -0.486. The molecule has 0 aliphatic carbocycles. The summed E-state index contributed by atoms with van der Waals surface area (Å²) in [6.07, 6.45) is -0.283. The molecule has 10 nitrogen and oxygen atoms in total. The van der Waals surface area contributed by atoms with Gasteiger partial charge in [0, 0.05) is 39.3 Å². The van der Waals surface area contributed by atoms with Crippen molar-refractivity contribution in [2.24, 2.45) is 5.73 Å². The van der Waals surface area contributed by atoms with Gasteiger partial charge in [0.05, 0.1) is 18.2 Å². The molecule has 0 aromatic carbocycles. The number of nitrogens with two attached hydrogens (primary N) is 1. The van der Waals surface area contributed by atoms with Gasteiger partial charge in [-0.2, -0.15) is 17.0 Å². The Labute approximate surface area is 148 Å². The molecule has 0 saturated carbocycles. The number of morpholine rings is 1. The van der Waals surface area contributed by atoms with Crippen LogP contribution in [0.2, 0.25) is 0 Å². The molecule has 25 heavy (non-hydrogen) atoms. The number of imide groups is 1. The van der Waals surface area contributed by atoms with Gasteiger partial charge in [0.1, 0.15) is 0 Å². The third-order valence-corrected chi connectivity index (χ3v) is 6.45. The van der Waals surface area contributed by atoms with Crippen LogP contribution in [0.5, 0.6) is 0 Å². The van der Waals surface area contributed by atoms with Crippen LogP contribution in [0.15, 0.2) is 0 Å². The number of primary amides is 1. The van der Waals surface area contributed by atoms with Crippen molar-refractivity contribution in [3.05, 3.63) is 0 Å². The summed E-state index contributed by atoms with van der Waals surface area (Å²) in [5, 5.41) is 2.05. The summed E-state index contributed by atoms with van der Waals surface area (Å²) in [6.45, 7) is 7.43. The van der Waals surface area contributed by atoms with E-state index in [1.165, 1.54) is 8.61 Å². The fraction of sp³-hybridized carbons (Fsp3) is 0.857. The summed E-state index contributed by atoms with van der Waals surface area (Å²) < 4.78 is 34.1. The minimum Gasteiger partial charge on any atom is -0.373 e. The fourth-order valence-corrected chi connectivity index (χ4v) is 4.94. The van der Waals surface area contributed by atoms with E-state index in [0.29, 0.717) is 26.2 Å². The minimum absolute atomic E-state index is 0.141. The zero-order valence-corrected chi connectivity index (χ0v) is 15.7. The highest BCUT2D eigenvalue weighted by Crippen LogP contribution is 2.19. The summed E-state index contributed by atoms with van der Waals surface area (Å²) in [7, 11) is -3.55. The Morgan fingerprint density at radius 1 is 1.08 bits per heavy atom. The normalized spacial score (nSPS) is 28.4. The highest BCUT2D eigenvalue weighted by atomic mass is 32.2. The van der Waals surface area contributed by atoms with Gasteiger partial charge in [0.25, 0.3) is 10.2 Å². The zero-order chi connectivity index (χ0) is 18.8. The smallest absolute Gasteiger partial charge is 0.318 e. The topological polar surface area (TPSA) is 125 Å². The molecule has 11 heteroatoms. The van der Waals surface area contributed by atoms with E-state index in [0.717, 1.165) is 0 Å². The van der Waals surface area contributed by atoms with Gasteiger partial charge in [-0.15, -0.1) is 0 Å². The SMILES string of the molecule is CC1CN(S(=O)(=O)N2CCN(C(C)C(=O)NC(N)=O)CC2)CC(C)O1. The van der Waals surface area contributed by atoms with E-state index in [1.54, 1.807) is 6.92 Å². The van der Waals surface area contributed by atoms with Gasteiger partial charge in [-0.1, -0.05) is 0 Å². The highest BCUT2D eigenvalue weighted by molar-refractivity contribution is 7.86. The average Bonchev–Trinajstić information content (AvgIpc) is 2.52. The number of hydrogen-bond donors (Lipinski definition) is 2. The van der Waals surface area contributed by atoms with Crippen molar-refractivity contribution in [3.63, 3.8) is 0 Å². The van der Waals surface area contributed by atoms with Crippen LogP contribution in [-0.2, 0) is 19.7 Å². The van der Waals surface area contributed by atoms with Crippen molar-refractivity contribution in [2.75, 3.05) is 39.3 Å². The average molecular weight is 377 g/mol. The first-order valence-electron chi connectivity index (χ1n) is 8.36. The number of carbonyl (C=O) groups is 2. The molecule has 0 aromatic heterocycles. The van der Waals surface area contributed by atoms with Crippen LogP contribution >= 0.6 is 0 Å². The van der Waals surface area contributed by atoms with E-state index in [2.05, 4.69) is 0 Å². The van der Waals surface area contributed by atoms with E-state index in [4.69, 9.17) is 10.5 Å². The lowest BCUT2D eigenvalue weighted by Crippen LogP contribution is -2.59. The second-order valence-corrected chi connectivity index (χ2v) is 8.48. The van der Waals surface area contributed by atoms with Crippen LogP contribution in [0.3, 0.4) is 0 Å². The first-order valence-corrected chi connectivity index (χ1v) is 9.76. The second-order valence-electron chi connectivity index (χ2n) is 6.55. The van der Waals surface area contributed by atoms with Crippen molar-refractivity contribution in [3.8, 4) is 0 Å². The van der Waals surface area contributed by atoms with Gasteiger partial charge in [0.2, 0.25) is 5.91 Å². The Morgan fingerprint density at radius 3 is 2.08 bits per heavy atom. The van der Waals surface area contributed by atoms with Gasteiger partial charge in [-0.3, -0.25) is 15.0 Å². The van der Waals surface area contributed by atoms with Crippen LogP contribution < -0.4 is 11.1 Å². The molecule has 3 amide bonds. The van der Waals surface area contributed by atoms with E-state index < -0.39 is 28.2 Å². The summed E-state index contributed by atoms with van der Waals surface area (Å²) in [4.78, 5) is 24.4. The van der Waals surface area contributed by atoms with E-state index in [9.17, 15) is 18.0 Å². The molecule has 2 saturated heterocycles. The Morgan fingerprint density at radius 2 is 1.60 bits per heavy atom. The van der Waals surface area contributed by atoms with Gasteiger partial charge < -0.3 is 10.5 Å². The van der Waals surface area contributed by atoms with Crippen LogP contribution in [-0.4, -0.2) is 91.4 Å². The molecule has 2 fully saturated rings. The van der Waals surface area contributed by atoms with Crippen molar-refractivity contribution in [2.45, 2.75) is 39.0 Å². The van der Waals surface area contributed by atoms with Crippen molar-refractivity contribution in [1.82, 2.24) is 18.8 Å².